The quantitative estimate of drug-likeness (QED) is 0.462. The van der Waals surface area contributed by atoms with Crippen molar-refractivity contribution in [1.82, 2.24) is 4.90 Å². The summed E-state index contributed by atoms with van der Waals surface area (Å²) in [5, 5.41) is 3.08. The molecule has 7 nitrogen and oxygen atoms in total. The summed E-state index contributed by atoms with van der Waals surface area (Å²) in [5.41, 5.74) is 1.32. The first-order valence-electron chi connectivity index (χ1n) is 9.04. The van der Waals surface area contributed by atoms with Gasteiger partial charge in [-0.2, -0.15) is 0 Å². The number of fused-ring (bicyclic) bond motifs is 1. The Morgan fingerprint density at radius 3 is 2.43 bits per heavy atom. The van der Waals surface area contributed by atoms with Crippen LogP contribution in [-0.4, -0.2) is 41.2 Å². The normalized spacial score (nSPS) is 22.0. The summed E-state index contributed by atoms with van der Waals surface area (Å²) < 4.78 is 5.02. The van der Waals surface area contributed by atoms with Crippen molar-refractivity contribution in [2.45, 2.75) is 32.7 Å². The van der Waals surface area contributed by atoms with E-state index in [9.17, 15) is 19.2 Å². The van der Waals surface area contributed by atoms with Gasteiger partial charge in [0.2, 0.25) is 11.8 Å². The van der Waals surface area contributed by atoms with E-state index in [2.05, 4.69) is 5.32 Å². The number of aryl methyl sites for hydroxylation is 1. The van der Waals surface area contributed by atoms with Crippen LogP contribution < -0.4 is 5.32 Å². The molecule has 0 spiro atoms. The number of anilines is 1. The van der Waals surface area contributed by atoms with Crippen molar-refractivity contribution in [2.24, 2.45) is 11.8 Å². The largest absolute Gasteiger partial charge is 0.454 e. The van der Waals surface area contributed by atoms with Crippen LogP contribution >= 0.6 is 11.6 Å². The fourth-order valence-corrected chi connectivity index (χ4v) is 3.66. The number of benzene rings is 1. The van der Waals surface area contributed by atoms with E-state index in [-0.39, 0.29) is 11.8 Å². The molecule has 3 atom stereocenters. The molecule has 1 fully saturated rings. The van der Waals surface area contributed by atoms with Gasteiger partial charge in [-0.15, -0.1) is 0 Å². The number of nitrogens with one attached hydrogen (secondary N) is 1. The highest BCUT2D eigenvalue weighted by molar-refractivity contribution is 6.31. The number of imide groups is 1. The Kier molecular flexibility index (Phi) is 5.84. The highest BCUT2D eigenvalue weighted by Crippen LogP contribution is 2.36. The molecule has 148 valence electrons. The summed E-state index contributed by atoms with van der Waals surface area (Å²) in [6, 6.07) is 3.97. The average molecular weight is 405 g/mol. The van der Waals surface area contributed by atoms with Gasteiger partial charge >= 0.3 is 5.97 Å². The molecule has 0 bridgehead atoms. The monoisotopic (exact) mass is 404 g/mol. The summed E-state index contributed by atoms with van der Waals surface area (Å²) in [4.78, 5) is 50.4. The van der Waals surface area contributed by atoms with Gasteiger partial charge in [0, 0.05) is 10.7 Å². The van der Waals surface area contributed by atoms with Crippen molar-refractivity contribution >= 4 is 41.0 Å². The first-order valence-corrected chi connectivity index (χ1v) is 9.42. The first-order chi connectivity index (χ1) is 13.3. The van der Waals surface area contributed by atoms with Crippen molar-refractivity contribution in [3.8, 4) is 0 Å². The molecule has 1 saturated heterocycles. The van der Waals surface area contributed by atoms with Crippen molar-refractivity contribution in [3.63, 3.8) is 0 Å². The Morgan fingerprint density at radius 1 is 1.21 bits per heavy atom. The molecule has 28 heavy (non-hydrogen) atoms. The smallest absolute Gasteiger partial charge is 0.329 e. The van der Waals surface area contributed by atoms with Gasteiger partial charge in [0.25, 0.3) is 5.91 Å². The maximum absolute atomic E-state index is 12.5. The molecule has 1 aliphatic heterocycles. The standard InChI is InChI=1S/C20H21ClN2O5/c1-11-7-8-13(21)9-16(11)22-17(24)10-28-20(27)12(2)23-18(25)14-5-3-4-6-15(14)19(23)26/h3-4,7-9,12,14-15H,5-6,10H2,1-2H3,(H,22,24)/t12-,14+,15+/m0/s1. The lowest BCUT2D eigenvalue weighted by Crippen LogP contribution is -2.45. The molecule has 3 amide bonds. The van der Waals surface area contributed by atoms with E-state index in [0.29, 0.717) is 23.6 Å². The third-order valence-corrected chi connectivity index (χ3v) is 5.32. The molecule has 1 heterocycles. The highest BCUT2D eigenvalue weighted by atomic mass is 35.5. The molecule has 8 heteroatoms. The predicted octanol–water partition coefficient (Wildman–Crippen LogP) is 2.47. The third kappa shape index (κ3) is 3.94. The van der Waals surface area contributed by atoms with Crippen molar-refractivity contribution in [1.29, 1.82) is 0 Å². The van der Waals surface area contributed by atoms with E-state index in [4.69, 9.17) is 16.3 Å². The van der Waals surface area contributed by atoms with E-state index in [1.165, 1.54) is 6.92 Å². The number of hydrogen-bond acceptors (Lipinski definition) is 5. The van der Waals surface area contributed by atoms with Crippen LogP contribution in [0.5, 0.6) is 0 Å². The lowest BCUT2D eigenvalue weighted by atomic mass is 9.85. The Bertz CT molecular complexity index is 840. The lowest BCUT2D eigenvalue weighted by Gasteiger charge is -2.21. The molecule has 2 aliphatic rings. The van der Waals surface area contributed by atoms with Gasteiger partial charge in [0.15, 0.2) is 6.61 Å². The Morgan fingerprint density at radius 2 is 1.82 bits per heavy atom. The van der Waals surface area contributed by atoms with Gasteiger partial charge in [-0.1, -0.05) is 29.8 Å². The molecule has 1 N–H and O–H groups in total. The van der Waals surface area contributed by atoms with Crippen LogP contribution in [0.15, 0.2) is 30.4 Å². The number of halogens is 1. The second-order valence-electron chi connectivity index (χ2n) is 6.99. The Balaban J connectivity index is 1.57. The van der Waals surface area contributed by atoms with Crippen LogP contribution in [0.4, 0.5) is 5.69 Å². The van der Waals surface area contributed by atoms with Crippen LogP contribution in [0.1, 0.15) is 25.3 Å². The van der Waals surface area contributed by atoms with E-state index in [1.54, 1.807) is 25.1 Å². The number of ether oxygens (including phenoxy) is 1. The topological polar surface area (TPSA) is 92.8 Å². The molecule has 1 aromatic carbocycles. The highest BCUT2D eigenvalue weighted by Gasteiger charge is 2.50. The minimum absolute atomic E-state index is 0.359. The fraction of sp³-hybridized carbons (Fsp3) is 0.400. The number of amides is 3. The predicted molar refractivity (Wildman–Crippen MR) is 102 cm³/mol. The second-order valence-corrected chi connectivity index (χ2v) is 7.43. The van der Waals surface area contributed by atoms with Gasteiger partial charge in [0.05, 0.1) is 11.8 Å². The van der Waals surface area contributed by atoms with E-state index >= 15 is 0 Å². The second kappa shape index (κ2) is 8.14. The molecular formula is C20H21ClN2O5. The van der Waals surface area contributed by atoms with Gasteiger partial charge in [0.1, 0.15) is 6.04 Å². The zero-order chi connectivity index (χ0) is 20.4. The molecule has 0 unspecified atom stereocenters. The summed E-state index contributed by atoms with van der Waals surface area (Å²) in [7, 11) is 0. The first kappa shape index (κ1) is 20.1. The van der Waals surface area contributed by atoms with Crippen LogP contribution in [0, 0.1) is 18.8 Å². The number of hydrogen-bond donors (Lipinski definition) is 1. The number of esters is 1. The Labute approximate surface area is 167 Å². The molecule has 0 aromatic heterocycles. The number of rotatable bonds is 5. The number of likely N-dealkylation sites (tertiary alicyclic amines) is 1. The molecule has 0 radical (unpaired) electrons. The SMILES string of the molecule is Cc1ccc(Cl)cc1NC(=O)COC(=O)[C@H](C)N1C(=O)[C@@H]2CC=CC[C@H]2C1=O. The summed E-state index contributed by atoms with van der Waals surface area (Å²) in [5.74, 6) is -2.89. The Hall–Kier alpha value is -2.67. The maximum Gasteiger partial charge on any atom is 0.329 e. The third-order valence-electron chi connectivity index (χ3n) is 5.09. The zero-order valence-corrected chi connectivity index (χ0v) is 16.4. The average Bonchev–Trinajstić information content (AvgIpc) is 2.93. The van der Waals surface area contributed by atoms with Gasteiger partial charge in [-0.25, -0.2) is 4.79 Å². The summed E-state index contributed by atoms with van der Waals surface area (Å²) in [6.07, 6.45) is 4.74. The number of allylic oxidation sites excluding steroid dienone is 2. The number of carbonyl (C=O) groups is 4. The zero-order valence-electron chi connectivity index (χ0n) is 15.6. The fourth-order valence-electron chi connectivity index (χ4n) is 3.49. The van der Waals surface area contributed by atoms with Crippen molar-refractivity contribution < 1.29 is 23.9 Å². The number of carbonyl (C=O) groups excluding carboxylic acids is 4. The maximum atomic E-state index is 12.5. The van der Waals surface area contributed by atoms with Crippen LogP contribution in [0.25, 0.3) is 0 Å². The van der Waals surface area contributed by atoms with E-state index in [1.807, 2.05) is 12.2 Å². The minimum atomic E-state index is -1.08. The lowest BCUT2D eigenvalue weighted by molar-refractivity contribution is -0.159. The van der Waals surface area contributed by atoms with Gasteiger partial charge < -0.3 is 10.1 Å². The molecular weight excluding hydrogens is 384 g/mol. The molecule has 1 aromatic rings. The van der Waals surface area contributed by atoms with Crippen LogP contribution in [-0.2, 0) is 23.9 Å². The molecule has 0 saturated carbocycles. The van der Waals surface area contributed by atoms with Crippen LogP contribution in [0.3, 0.4) is 0 Å². The van der Waals surface area contributed by atoms with E-state index in [0.717, 1.165) is 10.5 Å². The van der Waals surface area contributed by atoms with Crippen molar-refractivity contribution in [2.75, 3.05) is 11.9 Å². The number of nitrogens with zero attached hydrogens (tertiary/aromatic N) is 1. The minimum Gasteiger partial charge on any atom is -0.454 e. The van der Waals surface area contributed by atoms with Gasteiger partial charge in [-0.05, 0) is 44.4 Å². The molecule has 1 aliphatic carbocycles. The molecule has 3 rings (SSSR count). The van der Waals surface area contributed by atoms with Crippen molar-refractivity contribution in [3.05, 3.63) is 40.9 Å². The summed E-state index contributed by atoms with van der Waals surface area (Å²) in [6.45, 7) is 2.71. The van der Waals surface area contributed by atoms with E-state index < -0.39 is 36.4 Å². The summed E-state index contributed by atoms with van der Waals surface area (Å²) >= 11 is 5.91. The van der Waals surface area contributed by atoms with Gasteiger partial charge in [-0.3, -0.25) is 19.3 Å². The van der Waals surface area contributed by atoms with Crippen LogP contribution in [0.2, 0.25) is 5.02 Å².